The molecule has 3 aromatic rings. The van der Waals surface area contributed by atoms with E-state index < -0.39 is 23.7 Å². The Hall–Kier alpha value is -4.14. The van der Waals surface area contributed by atoms with Crippen LogP contribution in [0.15, 0.2) is 65.1 Å². The van der Waals surface area contributed by atoms with Crippen LogP contribution in [0.5, 0.6) is 0 Å². The van der Waals surface area contributed by atoms with E-state index in [1.807, 2.05) is 6.92 Å². The van der Waals surface area contributed by atoms with E-state index >= 15 is 0 Å². The summed E-state index contributed by atoms with van der Waals surface area (Å²) in [5, 5.41) is 9.00. The van der Waals surface area contributed by atoms with Gasteiger partial charge in [0.25, 0.3) is 11.8 Å². The number of para-hydroxylation sites is 1. The highest BCUT2D eigenvalue weighted by molar-refractivity contribution is 5.98. The minimum Gasteiger partial charge on any atom is -0.451 e. The molecule has 1 fully saturated rings. The number of hydrogen-bond donors (Lipinski definition) is 4. The van der Waals surface area contributed by atoms with Crippen LogP contribution < -0.4 is 21.7 Å². The number of nitrogens with two attached hydrogens (primary N) is 1. The van der Waals surface area contributed by atoms with E-state index in [4.69, 9.17) is 10.2 Å². The van der Waals surface area contributed by atoms with Crippen LogP contribution in [-0.2, 0) is 4.79 Å². The van der Waals surface area contributed by atoms with Crippen molar-refractivity contribution in [2.75, 3.05) is 11.9 Å². The van der Waals surface area contributed by atoms with Gasteiger partial charge in [0.15, 0.2) is 5.76 Å². The molecule has 1 aliphatic carbocycles. The van der Waals surface area contributed by atoms with E-state index in [9.17, 15) is 18.8 Å². The Morgan fingerprint density at radius 3 is 2.51 bits per heavy atom. The van der Waals surface area contributed by atoms with Crippen molar-refractivity contribution < 1.29 is 23.2 Å². The molecule has 4 rings (SSSR count). The Bertz CT molecular complexity index is 1300. The molecule has 3 amide bonds. The maximum Gasteiger partial charge on any atom is 0.287 e. The lowest BCUT2D eigenvalue weighted by Crippen LogP contribution is -2.51. The second-order valence-corrected chi connectivity index (χ2v) is 10.1. The maximum atomic E-state index is 13.6. The van der Waals surface area contributed by atoms with Gasteiger partial charge in [-0.15, -0.1) is 0 Å². The van der Waals surface area contributed by atoms with Gasteiger partial charge in [-0.05, 0) is 55.7 Å². The van der Waals surface area contributed by atoms with Crippen LogP contribution in [0.1, 0.15) is 66.4 Å². The smallest absolute Gasteiger partial charge is 0.287 e. The van der Waals surface area contributed by atoms with E-state index in [-0.39, 0.29) is 17.7 Å². The SMILES string of the molecule is C[C@@H](CNc1ccccc1C(N)=O)NC(=O)[C@H](CC1CCCCC1)NC(=O)c1ccc(-c2cccc(F)c2)o1. The Morgan fingerprint density at radius 2 is 1.77 bits per heavy atom. The lowest BCUT2D eigenvalue weighted by molar-refractivity contribution is -0.124. The molecule has 0 unspecified atom stereocenters. The number of rotatable bonds is 11. The van der Waals surface area contributed by atoms with Gasteiger partial charge in [0, 0.05) is 23.8 Å². The average Bonchev–Trinajstić information content (AvgIpc) is 3.43. The summed E-state index contributed by atoms with van der Waals surface area (Å²) in [5.41, 5.74) is 6.93. The average molecular weight is 535 g/mol. The molecular weight excluding hydrogens is 499 g/mol. The first-order valence-corrected chi connectivity index (χ1v) is 13.4. The molecule has 2 aromatic carbocycles. The number of amides is 3. The van der Waals surface area contributed by atoms with E-state index in [0.717, 1.165) is 25.7 Å². The molecular formula is C30H35FN4O4. The summed E-state index contributed by atoms with van der Waals surface area (Å²) in [4.78, 5) is 38.1. The zero-order chi connectivity index (χ0) is 27.8. The summed E-state index contributed by atoms with van der Waals surface area (Å²) < 4.78 is 19.3. The number of nitrogens with one attached hydrogen (secondary N) is 3. The zero-order valence-corrected chi connectivity index (χ0v) is 22.0. The van der Waals surface area contributed by atoms with Gasteiger partial charge in [0.2, 0.25) is 5.91 Å². The molecule has 9 heteroatoms. The van der Waals surface area contributed by atoms with Crippen molar-refractivity contribution in [3.05, 3.63) is 77.8 Å². The topological polar surface area (TPSA) is 126 Å². The molecule has 0 bridgehead atoms. The van der Waals surface area contributed by atoms with Gasteiger partial charge < -0.3 is 26.1 Å². The Balaban J connectivity index is 1.41. The number of carbonyl (C=O) groups is 3. The summed E-state index contributed by atoms with van der Waals surface area (Å²) in [6, 6.07) is 14.9. The molecule has 1 heterocycles. The van der Waals surface area contributed by atoms with Crippen molar-refractivity contribution in [3.63, 3.8) is 0 Å². The van der Waals surface area contributed by atoms with Gasteiger partial charge in [0.1, 0.15) is 17.6 Å². The zero-order valence-electron chi connectivity index (χ0n) is 22.0. The highest BCUT2D eigenvalue weighted by Gasteiger charge is 2.28. The third-order valence-corrected chi connectivity index (χ3v) is 7.03. The first-order chi connectivity index (χ1) is 18.8. The molecule has 0 saturated heterocycles. The van der Waals surface area contributed by atoms with Gasteiger partial charge in [-0.2, -0.15) is 0 Å². The van der Waals surface area contributed by atoms with Crippen LogP contribution in [0.4, 0.5) is 10.1 Å². The standard InChI is InChI=1S/C30H35FN4O4/c1-19(18-33-24-13-6-5-12-23(24)28(32)36)34-29(37)25(16-20-8-3-2-4-9-20)35-30(38)27-15-14-26(39-27)21-10-7-11-22(31)17-21/h5-7,10-15,17,19-20,25,33H,2-4,8-9,16,18H2,1H3,(H2,32,36)(H,34,37)(H,35,38)/t19-,25-/m0/s1. The third-order valence-electron chi connectivity index (χ3n) is 7.03. The molecule has 206 valence electrons. The molecule has 0 spiro atoms. The van der Waals surface area contributed by atoms with Crippen molar-refractivity contribution in [1.29, 1.82) is 0 Å². The summed E-state index contributed by atoms with van der Waals surface area (Å²) in [6.45, 7) is 2.20. The highest BCUT2D eigenvalue weighted by atomic mass is 19.1. The lowest BCUT2D eigenvalue weighted by Gasteiger charge is -2.27. The Kier molecular flexibility index (Phi) is 9.35. The number of carbonyl (C=O) groups excluding carboxylic acids is 3. The van der Waals surface area contributed by atoms with Crippen molar-refractivity contribution in [1.82, 2.24) is 10.6 Å². The van der Waals surface area contributed by atoms with E-state index in [1.54, 1.807) is 42.5 Å². The normalized spacial score (nSPS) is 15.2. The maximum absolute atomic E-state index is 13.6. The van der Waals surface area contributed by atoms with Crippen molar-refractivity contribution in [3.8, 4) is 11.3 Å². The fraction of sp³-hybridized carbons (Fsp3) is 0.367. The largest absolute Gasteiger partial charge is 0.451 e. The fourth-order valence-electron chi connectivity index (χ4n) is 4.98. The van der Waals surface area contributed by atoms with Crippen molar-refractivity contribution in [2.45, 2.75) is 57.5 Å². The van der Waals surface area contributed by atoms with Gasteiger partial charge >= 0.3 is 0 Å². The van der Waals surface area contributed by atoms with Crippen LogP contribution in [0.3, 0.4) is 0 Å². The minimum absolute atomic E-state index is 0.0495. The Morgan fingerprint density at radius 1 is 1.00 bits per heavy atom. The minimum atomic E-state index is -0.747. The molecule has 1 saturated carbocycles. The fourth-order valence-corrected chi connectivity index (χ4v) is 4.98. The first-order valence-electron chi connectivity index (χ1n) is 13.4. The second kappa shape index (κ2) is 13.1. The first kappa shape index (κ1) is 27.9. The van der Waals surface area contributed by atoms with Gasteiger partial charge in [-0.25, -0.2) is 4.39 Å². The predicted octanol–water partition coefficient (Wildman–Crippen LogP) is 4.87. The van der Waals surface area contributed by atoms with E-state index in [2.05, 4.69) is 16.0 Å². The van der Waals surface area contributed by atoms with Gasteiger partial charge in [0.05, 0.1) is 5.56 Å². The Labute approximate surface area is 227 Å². The molecule has 1 aliphatic rings. The van der Waals surface area contributed by atoms with E-state index in [0.29, 0.717) is 41.5 Å². The van der Waals surface area contributed by atoms with E-state index in [1.165, 1.54) is 24.6 Å². The number of benzene rings is 2. The summed E-state index contributed by atoms with van der Waals surface area (Å²) in [5.74, 6) is -0.982. The molecule has 5 N–H and O–H groups in total. The summed E-state index contributed by atoms with van der Waals surface area (Å²) >= 11 is 0. The third kappa shape index (κ3) is 7.69. The molecule has 39 heavy (non-hydrogen) atoms. The van der Waals surface area contributed by atoms with Crippen LogP contribution in [0, 0.1) is 11.7 Å². The molecule has 0 aliphatic heterocycles. The van der Waals surface area contributed by atoms with Crippen LogP contribution in [0.25, 0.3) is 11.3 Å². The van der Waals surface area contributed by atoms with Crippen molar-refractivity contribution >= 4 is 23.4 Å². The van der Waals surface area contributed by atoms with Crippen LogP contribution >= 0.6 is 0 Å². The van der Waals surface area contributed by atoms with Gasteiger partial charge in [-0.1, -0.05) is 56.4 Å². The lowest BCUT2D eigenvalue weighted by atomic mass is 9.84. The van der Waals surface area contributed by atoms with Crippen LogP contribution in [0.2, 0.25) is 0 Å². The van der Waals surface area contributed by atoms with Gasteiger partial charge in [-0.3, -0.25) is 14.4 Å². The summed E-state index contributed by atoms with van der Waals surface area (Å²) in [7, 11) is 0. The second-order valence-electron chi connectivity index (χ2n) is 10.1. The highest BCUT2D eigenvalue weighted by Crippen LogP contribution is 2.28. The number of halogens is 1. The van der Waals surface area contributed by atoms with Crippen molar-refractivity contribution in [2.24, 2.45) is 11.7 Å². The van der Waals surface area contributed by atoms with Crippen LogP contribution in [-0.4, -0.2) is 36.3 Å². The quantitative estimate of drug-likeness (QED) is 0.279. The number of anilines is 1. The molecule has 1 aromatic heterocycles. The molecule has 0 radical (unpaired) electrons. The summed E-state index contributed by atoms with van der Waals surface area (Å²) in [6.07, 6.45) is 5.98. The molecule has 2 atom stereocenters. The number of primary amides is 1. The predicted molar refractivity (Wildman–Crippen MR) is 148 cm³/mol. The number of hydrogen-bond acceptors (Lipinski definition) is 5. The molecule has 8 nitrogen and oxygen atoms in total. The monoisotopic (exact) mass is 534 g/mol. The number of furan rings is 1.